The summed E-state index contributed by atoms with van der Waals surface area (Å²) in [5.41, 5.74) is 2.33. The first kappa shape index (κ1) is 13.0. The number of para-hydroxylation sites is 1. The lowest BCUT2D eigenvalue weighted by Gasteiger charge is -2.10. The van der Waals surface area contributed by atoms with Crippen molar-refractivity contribution in [3.63, 3.8) is 0 Å². The zero-order valence-electron chi connectivity index (χ0n) is 10.3. The Bertz CT molecular complexity index is 499. The van der Waals surface area contributed by atoms with Crippen molar-refractivity contribution in [1.82, 2.24) is 0 Å². The number of halogens is 1. The number of nitrogens with one attached hydrogen (secondary N) is 1. The minimum Gasteiger partial charge on any atom is -0.491 e. The summed E-state index contributed by atoms with van der Waals surface area (Å²) in [6.07, 6.45) is 0. The molecular formula is C15H16BrNO. The van der Waals surface area contributed by atoms with E-state index in [0.717, 1.165) is 22.5 Å². The molecule has 0 fully saturated rings. The highest BCUT2D eigenvalue weighted by atomic mass is 79.9. The molecule has 2 aromatic carbocycles. The van der Waals surface area contributed by atoms with Gasteiger partial charge in [0.25, 0.3) is 0 Å². The highest BCUT2D eigenvalue weighted by molar-refractivity contribution is 9.10. The van der Waals surface area contributed by atoms with E-state index in [1.165, 1.54) is 5.56 Å². The van der Waals surface area contributed by atoms with Gasteiger partial charge in [-0.1, -0.05) is 24.3 Å². The number of aryl methyl sites for hydroxylation is 1. The van der Waals surface area contributed by atoms with Crippen LogP contribution in [0.2, 0.25) is 0 Å². The van der Waals surface area contributed by atoms with Crippen LogP contribution in [0.4, 0.5) is 5.69 Å². The average Bonchev–Trinajstić information content (AvgIpc) is 2.38. The quantitative estimate of drug-likeness (QED) is 0.834. The Morgan fingerprint density at radius 1 is 1.11 bits per heavy atom. The van der Waals surface area contributed by atoms with Crippen LogP contribution in [0.25, 0.3) is 0 Å². The van der Waals surface area contributed by atoms with Gasteiger partial charge in [0.2, 0.25) is 0 Å². The van der Waals surface area contributed by atoms with Gasteiger partial charge in [-0.05, 0) is 52.7 Å². The van der Waals surface area contributed by atoms with Crippen molar-refractivity contribution in [2.45, 2.75) is 6.92 Å². The number of hydrogen-bond donors (Lipinski definition) is 1. The van der Waals surface area contributed by atoms with E-state index in [9.17, 15) is 0 Å². The maximum absolute atomic E-state index is 5.70. The molecule has 0 radical (unpaired) electrons. The summed E-state index contributed by atoms with van der Waals surface area (Å²) in [5.74, 6) is 0.885. The van der Waals surface area contributed by atoms with Gasteiger partial charge in [-0.25, -0.2) is 0 Å². The molecule has 0 aliphatic rings. The molecule has 18 heavy (non-hydrogen) atoms. The fraction of sp³-hybridized carbons (Fsp3) is 0.200. The number of ether oxygens (including phenoxy) is 1. The predicted octanol–water partition coefficient (Wildman–Crippen LogP) is 4.25. The smallest absolute Gasteiger partial charge is 0.133 e. The maximum atomic E-state index is 5.70. The van der Waals surface area contributed by atoms with Crippen molar-refractivity contribution in [3.8, 4) is 5.75 Å². The maximum Gasteiger partial charge on any atom is 0.133 e. The van der Waals surface area contributed by atoms with Gasteiger partial charge in [-0.3, -0.25) is 0 Å². The normalized spacial score (nSPS) is 10.1. The third kappa shape index (κ3) is 3.77. The van der Waals surface area contributed by atoms with Gasteiger partial charge in [0, 0.05) is 12.2 Å². The van der Waals surface area contributed by atoms with E-state index >= 15 is 0 Å². The van der Waals surface area contributed by atoms with Gasteiger partial charge >= 0.3 is 0 Å². The van der Waals surface area contributed by atoms with E-state index in [1.807, 2.05) is 42.5 Å². The van der Waals surface area contributed by atoms with Crippen molar-refractivity contribution in [2.24, 2.45) is 0 Å². The van der Waals surface area contributed by atoms with E-state index in [0.29, 0.717) is 6.61 Å². The topological polar surface area (TPSA) is 21.3 Å². The first-order valence-electron chi connectivity index (χ1n) is 5.93. The summed E-state index contributed by atoms with van der Waals surface area (Å²) in [6, 6.07) is 16.2. The van der Waals surface area contributed by atoms with Crippen LogP contribution in [0.1, 0.15) is 5.56 Å². The van der Waals surface area contributed by atoms with E-state index in [1.54, 1.807) is 0 Å². The van der Waals surface area contributed by atoms with E-state index in [4.69, 9.17) is 4.74 Å². The summed E-state index contributed by atoms with van der Waals surface area (Å²) in [6.45, 7) is 3.48. The molecular weight excluding hydrogens is 290 g/mol. The monoisotopic (exact) mass is 305 g/mol. The average molecular weight is 306 g/mol. The molecule has 3 heteroatoms. The molecule has 0 spiro atoms. The second-order valence-corrected chi connectivity index (χ2v) is 4.93. The Balaban J connectivity index is 1.79. The Morgan fingerprint density at radius 2 is 1.89 bits per heavy atom. The molecule has 1 N–H and O–H groups in total. The first-order chi connectivity index (χ1) is 8.75. The summed E-state index contributed by atoms with van der Waals surface area (Å²) < 4.78 is 6.71. The van der Waals surface area contributed by atoms with Gasteiger partial charge in [0.15, 0.2) is 0 Å². The van der Waals surface area contributed by atoms with Crippen molar-refractivity contribution >= 4 is 21.6 Å². The standard InChI is InChI=1S/C15H16BrNO/c1-12-7-8-15(14(16)11-12)18-10-9-17-13-5-3-2-4-6-13/h2-8,11,17H,9-10H2,1H3. The fourth-order valence-corrected chi connectivity index (χ4v) is 2.24. The van der Waals surface area contributed by atoms with Gasteiger partial charge in [-0.2, -0.15) is 0 Å². The third-order valence-electron chi connectivity index (χ3n) is 2.55. The molecule has 2 rings (SSSR count). The Kier molecular flexibility index (Phi) is 4.65. The molecule has 0 atom stereocenters. The van der Waals surface area contributed by atoms with Crippen LogP contribution in [-0.2, 0) is 0 Å². The second-order valence-electron chi connectivity index (χ2n) is 4.08. The predicted molar refractivity (Wildman–Crippen MR) is 79.3 cm³/mol. The number of anilines is 1. The molecule has 0 amide bonds. The van der Waals surface area contributed by atoms with E-state index in [-0.39, 0.29) is 0 Å². The highest BCUT2D eigenvalue weighted by Crippen LogP contribution is 2.25. The molecule has 0 aromatic heterocycles. The largest absolute Gasteiger partial charge is 0.491 e. The number of rotatable bonds is 5. The Hall–Kier alpha value is -1.48. The third-order valence-corrected chi connectivity index (χ3v) is 3.17. The summed E-state index contributed by atoms with van der Waals surface area (Å²) >= 11 is 3.50. The summed E-state index contributed by atoms with van der Waals surface area (Å²) in [7, 11) is 0. The molecule has 0 bridgehead atoms. The van der Waals surface area contributed by atoms with Crippen LogP contribution >= 0.6 is 15.9 Å². The summed E-state index contributed by atoms with van der Waals surface area (Å²) in [5, 5.41) is 3.31. The van der Waals surface area contributed by atoms with E-state index < -0.39 is 0 Å². The minimum absolute atomic E-state index is 0.635. The molecule has 2 nitrogen and oxygen atoms in total. The van der Waals surface area contributed by atoms with Crippen molar-refractivity contribution in [1.29, 1.82) is 0 Å². The van der Waals surface area contributed by atoms with Crippen molar-refractivity contribution in [2.75, 3.05) is 18.5 Å². The van der Waals surface area contributed by atoms with Gasteiger partial charge < -0.3 is 10.1 Å². The van der Waals surface area contributed by atoms with Crippen LogP contribution in [0.3, 0.4) is 0 Å². The molecule has 0 aliphatic heterocycles. The number of benzene rings is 2. The van der Waals surface area contributed by atoms with Gasteiger partial charge in [0.1, 0.15) is 12.4 Å². The van der Waals surface area contributed by atoms with Crippen LogP contribution in [-0.4, -0.2) is 13.2 Å². The van der Waals surface area contributed by atoms with Gasteiger partial charge in [-0.15, -0.1) is 0 Å². The molecule has 0 saturated heterocycles. The van der Waals surface area contributed by atoms with Crippen LogP contribution in [0.15, 0.2) is 53.0 Å². The second kappa shape index (κ2) is 6.45. The Morgan fingerprint density at radius 3 is 2.61 bits per heavy atom. The fourth-order valence-electron chi connectivity index (χ4n) is 1.64. The SMILES string of the molecule is Cc1ccc(OCCNc2ccccc2)c(Br)c1. The lowest BCUT2D eigenvalue weighted by atomic mass is 10.2. The van der Waals surface area contributed by atoms with Crippen molar-refractivity contribution in [3.05, 3.63) is 58.6 Å². The minimum atomic E-state index is 0.635. The van der Waals surface area contributed by atoms with Gasteiger partial charge in [0.05, 0.1) is 4.47 Å². The summed E-state index contributed by atoms with van der Waals surface area (Å²) in [4.78, 5) is 0. The molecule has 0 heterocycles. The first-order valence-corrected chi connectivity index (χ1v) is 6.73. The van der Waals surface area contributed by atoms with Crippen molar-refractivity contribution < 1.29 is 4.74 Å². The molecule has 94 valence electrons. The van der Waals surface area contributed by atoms with Crippen LogP contribution in [0.5, 0.6) is 5.75 Å². The zero-order valence-corrected chi connectivity index (χ0v) is 11.9. The lowest BCUT2D eigenvalue weighted by Crippen LogP contribution is -2.11. The molecule has 0 aliphatic carbocycles. The molecule has 0 saturated carbocycles. The van der Waals surface area contributed by atoms with E-state index in [2.05, 4.69) is 34.2 Å². The molecule has 0 unspecified atom stereocenters. The van der Waals surface area contributed by atoms with Crippen LogP contribution in [0, 0.1) is 6.92 Å². The highest BCUT2D eigenvalue weighted by Gasteiger charge is 2.00. The number of hydrogen-bond acceptors (Lipinski definition) is 2. The molecule has 2 aromatic rings. The Labute approximate surface area is 116 Å². The zero-order chi connectivity index (χ0) is 12.8. The lowest BCUT2D eigenvalue weighted by molar-refractivity contribution is 0.331. The van der Waals surface area contributed by atoms with Crippen LogP contribution < -0.4 is 10.1 Å².